The van der Waals surface area contributed by atoms with Gasteiger partial charge in [-0.2, -0.15) is 0 Å². The van der Waals surface area contributed by atoms with E-state index in [1.165, 1.54) is 6.92 Å². The van der Waals surface area contributed by atoms with E-state index in [2.05, 4.69) is 108 Å². The van der Waals surface area contributed by atoms with Gasteiger partial charge in [0.1, 0.15) is 11.3 Å². The topological polar surface area (TPSA) is 74.3 Å². The Morgan fingerprint density at radius 1 is 0.585 bits per heavy atom. The predicted octanol–water partition coefficient (Wildman–Crippen LogP) is 13.8. The zero-order valence-electron chi connectivity index (χ0n) is 37.5. The van der Waals surface area contributed by atoms with Crippen LogP contribution in [0.4, 0.5) is 5.69 Å². The molecule has 0 spiro atoms. The van der Waals surface area contributed by atoms with Crippen LogP contribution in [0.5, 0.6) is 5.75 Å². The average molecular weight is 880 g/mol. The number of rotatable bonds is 14. The molecule has 0 unspecified atom stereocenters. The fourth-order valence-electron chi connectivity index (χ4n) is 8.23. The number of nitrogens with zero attached hydrogens (tertiary/aromatic N) is 1. The molecule has 0 N–H and O–H groups in total. The lowest BCUT2D eigenvalue weighted by molar-refractivity contribution is -0.140. The van der Waals surface area contributed by atoms with Gasteiger partial charge in [-0.05, 0) is 71.9 Å². The van der Waals surface area contributed by atoms with E-state index < -0.39 is 13.3 Å². The zero-order chi connectivity index (χ0) is 45.7. The first-order valence-corrected chi connectivity index (χ1v) is 23.4. The second-order valence-corrected chi connectivity index (χ2v) is 16.9. The highest BCUT2D eigenvalue weighted by atomic mass is 31.2. The molecule has 7 nitrogen and oxygen atoms in total. The molecular formula is C57H54NO6P. The second kappa shape index (κ2) is 21.6. The highest BCUT2D eigenvalue weighted by molar-refractivity contribution is 7.55. The van der Waals surface area contributed by atoms with E-state index in [0.29, 0.717) is 18.0 Å². The number of methoxy groups -OCH3 is 1. The predicted molar refractivity (Wildman–Crippen MR) is 264 cm³/mol. The number of esters is 1. The number of ether oxygens (including phenoxy) is 2. The van der Waals surface area contributed by atoms with Gasteiger partial charge >= 0.3 is 13.7 Å². The van der Waals surface area contributed by atoms with E-state index in [1.54, 1.807) is 14.0 Å². The number of carbonyl (C=O) groups is 1. The van der Waals surface area contributed by atoms with Crippen LogP contribution in [0.15, 0.2) is 206 Å². The van der Waals surface area contributed by atoms with Crippen LogP contribution < -0.4 is 9.41 Å². The van der Waals surface area contributed by atoms with Gasteiger partial charge < -0.3 is 9.47 Å². The monoisotopic (exact) mass is 879 g/mol. The van der Waals surface area contributed by atoms with Crippen LogP contribution in [0.25, 0.3) is 16.7 Å². The van der Waals surface area contributed by atoms with Crippen molar-refractivity contribution in [2.75, 3.05) is 31.6 Å². The van der Waals surface area contributed by atoms with Gasteiger partial charge in [0.2, 0.25) is 0 Å². The number of carbonyl (C=O) groups excluding carboxylic acids is 1. The highest BCUT2D eigenvalue weighted by Gasteiger charge is 2.53. The normalized spacial score (nSPS) is 12.6. The molecule has 1 aliphatic rings. The van der Waals surface area contributed by atoms with Crippen LogP contribution in [0.3, 0.4) is 0 Å². The van der Waals surface area contributed by atoms with Crippen molar-refractivity contribution in [3.05, 3.63) is 250 Å². The molecule has 8 heteroatoms. The van der Waals surface area contributed by atoms with Gasteiger partial charge in [0.15, 0.2) is 0 Å². The van der Waals surface area contributed by atoms with Crippen LogP contribution >= 0.6 is 7.75 Å². The molecule has 1 heterocycles. The molecule has 0 bridgehead atoms. The fraction of sp³-hybridized carbons (Fsp3) is 0.158. The summed E-state index contributed by atoms with van der Waals surface area (Å²) >= 11 is 0. The molecular weight excluding hydrogens is 826 g/mol. The third kappa shape index (κ3) is 10.1. The molecule has 7 aromatic carbocycles. The first-order chi connectivity index (χ1) is 31.8. The maximum atomic E-state index is 15.8. The van der Waals surface area contributed by atoms with Crippen molar-refractivity contribution < 1.29 is 27.9 Å². The molecule has 0 aliphatic carbocycles. The van der Waals surface area contributed by atoms with Crippen LogP contribution in [0.2, 0.25) is 0 Å². The van der Waals surface area contributed by atoms with Gasteiger partial charge in [-0.15, -0.1) is 5.73 Å². The van der Waals surface area contributed by atoms with Crippen molar-refractivity contribution in [2.24, 2.45) is 0 Å². The summed E-state index contributed by atoms with van der Waals surface area (Å²) in [5, 5.41) is 0. The van der Waals surface area contributed by atoms with Crippen molar-refractivity contribution in [1.29, 1.82) is 0 Å². The SMILES string of the molecule is CCOC(C)=O.CCOP(=O)(OCC)N1c2cc(OC)c(C(=C=C(c3ccccc3)c3ccccc3)c3ccccc3)cc2C(c2ccccc2)=CC1(c1ccccc1)c1ccccc1. The molecule has 0 saturated carbocycles. The average Bonchev–Trinajstić information content (AvgIpc) is 3.35. The Morgan fingerprint density at radius 2 is 1.02 bits per heavy atom. The molecule has 0 radical (unpaired) electrons. The summed E-state index contributed by atoms with van der Waals surface area (Å²) in [5.74, 6) is 0.363. The summed E-state index contributed by atoms with van der Waals surface area (Å²) in [4.78, 5) is 9.82. The first-order valence-electron chi connectivity index (χ1n) is 21.9. The minimum Gasteiger partial charge on any atom is -0.496 e. The number of fused-ring (bicyclic) bond motifs is 1. The Bertz CT molecular complexity index is 2720. The summed E-state index contributed by atoms with van der Waals surface area (Å²) in [7, 11) is -2.44. The van der Waals surface area contributed by atoms with Gasteiger partial charge in [-0.1, -0.05) is 182 Å². The summed E-state index contributed by atoms with van der Waals surface area (Å²) < 4.78 is 41.2. The van der Waals surface area contributed by atoms with Crippen molar-refractivity contribution in [1.82, 2.24) is 0 Å². The van der Waals surface area contributed by atoms with Gasteiger partial charge in [-0.3, -0.25) is 18.5 Å². The lowest BCUT2D eigenvalue weighted by atomic mass is 9.75. The fourth-order valence-corrected chi connectivity index (χ4v) is 10.3. The molecule has 328 valence electrons. The first kappa shape index (κ1) is 46.0. The lowest BCUT2D eigenvalue weighted by Crippen LogP contribution is -2.47. The maximum absolute atomic E-state index is 15.8. The van der Waals surface area contributed by atoms with Crippen LogP contribution in [0.1, 0.15) is 72.2 Å². The quantitative estimate of drug-likeness (QED) is 0.0612. The third-order valence-corrected chi connectivity index (χ3v) is 13.1. The van der Waals surface area contributed by atoms with Gasteiger partial charge in [0, 0.05) is 35.3 Å². The highest BCUT2D eigenvalue weighted by Crippen LogP contribution is 2.65. The molecule has 0 amide bonds. The van der Waals surface area contributed by atoms with E-state index in [9.17, 15) is 4.79 Å². The standard InChI is InChI=1S/C53H46NO4P.C4H8O2/c1-4-57-59(55,58-5-2)54-51-38-52(56-3)49(47(42-28-16-8-17-29-42)36-46(40-24-12-6-13-25-40)41-26-14-7-15-27-41)37-48(51)50(43-30-18-9-19-31-43)39-53(54,44-32-20-10-21-33-44)45-34-22-11-23-35-45;1-3-6-4(2)5/h6-35,37-39H,4-5H2,1-3H3;3H2,1-2H3. The molecule has 0 saturated heterocycles. The Kier molecular flexibility index (Phi) is 15.3. The third-order valence-electron chi connectivity index (χ3n) is 10.9. The maximum Gasteiger partial charge on any atom is 0.436 e. The number of benzene rings is 7. The Morgan fingerprint density at radius 3 is 1.42 bits per heavy atom. The van der Waals surface area contributed by atoms with Gasteiger partial charge in [0.25, 0.3) is 0 Å². The minimum absolute atomic E-state index is 0.167. The summed E-state index contributed by atoms with van der Waals surface area (Å²) in [5.41, 5.74) is 13.6. The Hall–Kier alpha value is -6.98. The molecule has 8 rings (SSSR count). The Labute approximate surface area is 383 Å². The Balaban J connectivity index is 0.000000984. The number of hydrogen-bond acceptors (Lipinski definition) is 6. The van der Waals surface area contributed by atoms with Crippen molar-refractivity contribution >= 4 is 36.1 Å². The molecule has 0 atom stereocenters. The molecule has 65 heavy (non-hydrogen) atoms. The van der Waals surface area contributed by atoms with Gasteiger partial charge in [-0.25, -0.2) is 4.57 Å². The van der Waals surface area contributed by atoms with E-state index in [-0.39, 0.29) is 19.2 Å². The van der Waals surface area contributed by atoms with E-state index in [4.69, 9.17) is 13.8 Å². The van der Waals surface area contributed by atoms with Crippen LogP contribution in [0, 0.1) is 0 Å². The molecule has 0 fully saturated rings. The smallest absolute Gasteiger partial charge is 0.436 e. The summed E-state index contributed by atoms with van der Waals surface area (Å²) in [6, 6.07) is 65.9. The number of anilines is 1. The minimum atomic E-state index is -4.12. The van der Waals surface area contributed by atoms with Crippen molar-refractivity contribution in [3.8, 4) is 5.75 Å². The van der Waals surface area contributed by atoms with Crippen molar-refractivity contribution in [3.63, 3.8) is 0 Å². The summed E-state index contributed by atoms with van der Waals surface area (Å²) in [6.07, 6.45) is 2.23. The van der Waals surface area contributed by atoms with Crippen molar-refractivity contribution in [2.45, 2.75) is 33.2 Å². The molecule has 1 aliphatic heterocycles. The van der Waals surface area contributed by atoms with E-state index in [1.807, 2.05) is 122 Å². The second-order valence-electron chi connectivity index (χ2n) is 15.0. The zero-order valence-corrected chi connectivity index (χ0v) is 38.4. The number of hydrogen-bond donors (Lipinski definition) is 0. The lowest BCUT2D eigenvalue weighted by Gasteiger charge is -2.50. The summed E-state index contributed by atoms with van der Waals surface area (Å²) in [6.45, 7) is 7.68. The van der Waals surface area contributed by atoms with Crippen LogP contribution in [-0.2, 0) is 28.7 Å². The van der Waals surface area contributed by atoms with Crippen LogP contribution in [-0.4, -0.2) is 32.9 Å². The van der Waals surface area contributed by atoms with E-state index in [0.717, 1.165) is 61.2 Å². The largest absolute Gasteiger partial charge is 0.496 e. The molecule has 7 aromatic rings. The van der Waals surface area contributed by atoms with Gasteiger partial charge in [0.05, 0.1) is 32.6 Å². The van der Waals surface area contributed by atoms with E-state index >= 15 is 4.57 Å². The molecule has 0 aromatic heterocycles.